The molecule has 0 radical (unpaired) electrons. The van der Waals surface area contributed by atoms with E-state index >= 15 is 0 Å². The van der Waals surface area contributed by atoms with Crippen LogP contribution in [0, 0.1) is 0 Å². The Hall–Kier alpha value is -1.69. The van der Waals surface area contributed by atoms with Crippen molar-refractivity contribution in [2.24, 2.45) is 0 Å². The second-order valence-corrected chi connectivity index (χ2v) is 8.47. The van der Waals surface area contributed by atoms with Gasteiger partial charge >= 0.3 is 0 Å². The summed E-state index contributed by atoms with van der Waals surface area (Å²) >= 11 is 14.1. The molecule has 1 unspecified atom stereocenters. The summed E-state index contributed by atoms with van der Waals surface area (Å²) in [7, 11) is 0. The fourth-order valence-electron chi connectivity index (χ4n) is 2.75. The second-order valence-electron chi connectivity index (χ2n) is 6.67. The van der Waals surface area contributed by atoms with Crippen LogP contribution in [0.2, 0.25) is 10.0 Å². The summed E-state index contributed by atoms with van der Waals surface area (Å²) in [4.78, 5) is 27.1. The van der Waals surface area contributed by atoms with E-state index in [-0.39, 0.29) is 24.1 Å². The molecule has 0 aliphatic rings. The summed E-state index contributed by atoms with van der Waals surface area (Å²) in [5, 5.41) is 3.82. The van der Waals surface area contributed by atoms with Crippen molar-refractivity contribution in [3.8, 4) is 0 Å². The molecule has 0 heterocycles. The first-order chi connectivity index (χ1) is 13.9. The summed E-state index contributed by atoms with van der Waals surface area (Å²) < 4.78 is 0. The molecule has 7 heteroatoms. The molecule has 0 bridgehead atoms. The van der Waals surface area contributed by atoms with Crippen molar-refractivity contribution in [3.63, 3.8) is 0 Å². The normalized spacial score (nSPS) is 11.7. The molecule has 0 aromatic heterocycles. The third-order valence-corrected chi connectivity index (χ3v) is 6.14. The lowest BCUT2D eigenvalue weighted by atomic mass is 10.1. The Morgan fingerprint density at radius 2 is 1.72 bits per heavy atom. The molecule has 0 saturated heterocycles. The molecule has 29 heavy (non-hydrogen) atoms. The van der Waals surface area contributed by atoms with E-state index in [1.807, 2.05) is 37.3 Å². The molecular formula is C22H26Cl2N2O2S. The third kappa shape index (κ3) is 7.25. The van der Waals surface area contributed by atoms with Crippen LogP contribution in [-0.2, 0) is 21.9 Å². The lowest BCUT2D eigenvalue weighted by molar-refractivity contribution is -0.138. The highest BCUT2D eigenvalue weighted by molar-refractivity contribution is 7.99. The van der Waals surface area contributed by atoms with Gasteiger partial charge in [0.25, 0.3) is 0 Å². The van der Waals surface area contributed by atoms with Crippen molar-refractivity contribution in [1.29, 1.82) is 0 Å². The minimum Gasteiger partial charge on any atom is -0.354 e. The van der Waals surface area contributed by atoms with Gasteiger partial charge in [0.1, 0.15) is 6.04 Å². The molecule has 2 amide bonds. The van der Waals surface area contributed by atoms with Crippen LogP contribution < -0.4 is 5.32 Å². The molecule has 0 saturated carbocycles. The number of carbonyl (C=O) groups excluding carboxylic acids is 2. The number of nitrogens with zero attached hydrogens (tertiary/aromatic N) is 1. The molecule has 2 aromatic rings. The molecule has 0 fully saturated rings. The zero-order chi connectivity index (χ0) is 21.2. The molecule has 0 aliphatic heterocycles. The fraction of sp³-hybridized carbons (Fsp3) is 0.364. The van der Waals surface area contributed by atoms with Crippen molar-refractivity contribution < 1.29 is 9.59 Å². The maximum atomic E-state index is 13.0. The third-order valence-electron chi connectivity index (χ3n) is 4.44. The van der Waals surface area contributed by atoms with E-state index in [2.05, 4.69) is 5.32 Å². The molecule has 156 valence electrons. The number of amides is 2. The zero-order valence-corrected chi connectivity index (χ0v) is 19.0. The minimum atomic E-state index is -0.626. The predicted octanol–water partition coefficient (Wildman–Crippen LogP) is 5.17. The maximum absolute atomic E-state index is 13.0. The van der Waals surface area contributed by atoms with E-state index in [9.17, 15) is 9.59 Å². The summed E-state index contributed by atoms with van der Waals surface area (Å²) in [6.07, 6.45) is 0.829. The standard InChI is InChI=1S/C22H26Cl2N2O2S/c1-3-12-25-22(28)16(2)26(13-18-19(23)10-7-11-20(18)24)21(27)15-29-14-17-8-5-4-6-9-17/h4-11,16H,3,12-15H2,1-2H3,(H,25,28). The quantitative estimate of drug-likeness (QED) is 0.540. The Labute approximate surface area is 187 Å². The average molecular weight is 453 g/mol. The summed E-state index contributed by atoms with van der Waals surface area (Å²) in [5.74, 6) is 0.684. The second kappa shape index (κ2) is 12.1. The Kier molecular flexibility index (Phi) is 9.85. The first-order valence-electron chi connectivity index (χ1n) is 9.55. The summed E-state index contributed by atoms with van der Waals surface area (Å²) in [6.45, 7) is 4.47. The van der Waals surface area contributed by atoms with Crippen LogP contribution in [0.1, 0.15) is 31.4 Å². The van der Waals surface area contributed by atoms with Crippen molar-refractivity contribution in [2.45, 2.75) is 38.6 Å². The van der Waals surface area contributed by atoms with Crippen LogP contribution in [0.4, 0.5) is 0 Å². The topological polar surface area (TPSA) is 49.4 Å². The van der Waals surface area contributed by atoms with Crippen molar-refractivity contribution in [3.05, 3.63) is 69.7 Å². The zero-order valence-electron chi connectivity index (χ0n) is 16.7. The number of nitrogens with one attached hydrogen (secondary N) is 1. The fourth-order valence-corrected chi connectivity index (χ4v) is 4.13. The van der Waals surface area contributed by atoms with Crippen LogP contribution in [0.15, 0.2) is 48.5 Å². The Bertz CT molecular complexity index is 797. The number of carbonyl (C=O) groups is 2. The van der Waals surface area contributed by atoms with Crippen molar-refractivity contribution in [1.82, 2.24) is 10.2 Å². The predicted molar refractivity (Wildman–Crippen MR) is 122 cm³/mol. The lowest BCUT2D eigenvalue weighted by Gasteiger charge is -2.29. The van der Waals surface area contributed by atoms with Crippen LogP contribution in [-0.4, -0.2) is 35.1 Å². The first-order valence-corrected chi connectivity index (χ1v) is 11.5. The smallest absolute Gasteiger partial charge is 0.242 e. The average Bonchev–Trinajstić information content (AvgIpc) is 2.72. The van der Waals surface area contributed by atoms with Gasteiger partial charge in [-0.1, -0.05) is 66.5 Å². The van der Waals surface area contributed by atoms with Gasteiger partial charge in [-0.2, -0.15) is 0 Å². The van der Waals surface area contributed by atoms with Crippen molar-refractivity contribution in [2.75, 3.05) is 12.3 Å². The molecule has 0 spiro atoms. The maximum Gasteiger partial charge on any atom is 0.242 e. The Morgan fingerprint density at radius 1 is 1.07 bits per heavy atom. The highest BCUT2D eigenvalue weighted by Gasteiger charge is 2.27. The van der Waals surface area contributed by atoms with Gasteiger partial charge in [0, 0.05) is 34.5 Å². The van der Waals surface area contributed by atoms with Crippen LogP contribution in [0.3, 0.4) is 0 Å². The van der Waals surface area contributed by atoms with Gasteiger partial charge in [-0.05, 0) is 31.0 Å². The van der Waals surface area contributed by atoms with E-state index in [0.29, 0.717) is 22.2 Å². The van der Waals surface area contributed by atoms with E-state index in [1.165, 1.54) is 11.8 Å². The van der Waals surface area contributed by atoms with Gasteiger partial charge in [0.2, 0.25) is 11.8 Å². The molecule has 2 rings (SSSR count). The SMILES string of the molecule is CCCNC(=O)C(C)N(Cc1c(Cl)cccc1Cl)C(=O)CSCc1ccccc1. The van der Waals surface area contributed by atoms with Crippen LogP contribution in [0.25, 0.3) is 0 Å². The van der Waals surface area contributed by atoms with E-state index in [1.54, 1.807) is 30.0 Å². The number of thioether (sulfide) groups is 1. The Morgan fingerprint density at radius 3 is 2.34 bits per heavy atom. The van der Waals surface area contributed by atoms with E-state index in [4.69, 9.17) is 23.2 Å². The minimum absolute atomic E-state index is 0.124. The van der Waals surface area contributed by atoms with Gasteiger partial charge in [0.15, 0.2) is 0 Å². The highest BCUT2D eigenvalue weighted by Crippen LogP contribution is 2.27. The number of hydrogen-bond donors (Lipinski definition) is 1. The number of hydrogen-bond acceptors (Lipinski definition) is 3. The van der Waals surface area contributed by atoms with Gasteiger partial charge in [-0.25, -0.2) is 0 Å². The van der Waals surface area contributed by atoms with E-state index < -0.39 is 6.04 Å². The largest absolute Gasteiger partial charge is 0.354 e. The molecule has 0 aliphatic carbocycles. The lowest BCUT2D eigenvalue weighted by Crippen LogP contribution is -2.48. The number of benzene rings is 2. The molecule has 4 nitrogen and oxygen atoms in total. The van der Waals surface area contributed by atoms with Gasteiger partial charge in [0.05, 0.1) is 5.75 Å². The van der Waals surface area contributed by atoms with Crippen molar-refractivity contribution >= 4 is 46.8 Å². The van der Waals surface area contributed by atoms with E-state index in [0.717, 1.165) is 17.7 Å². The van der Waals surface area contributed by atoms with Crippen LogP contribution >= 0.6 is 35.0 Å². The van der Waals surface area contributed by atoms with Gasteiger partial charge < -0.3 is 10.2 Å². The first kappa shape index (κ1) is 23.6. The number of halogens is 2. The molecule has 2 aromatic carbocycles. The molecule has 1 N–H and O–H groups in total. The summed E-state index contributed by atoms with van der Waals surface area (Å²) in [5.41, 5.74) is 1.80. The Balaban J connectivity index is 2.12. The molecular weight excluding hydrogens is 427 g/mol. The monoisotopic (exact) mass is 452 g/mol. The summed E-state index contributed by atoms with van der Waals surface area (Å²) in [6, 6.07) is 14.6. The van der Waals surface area contributed by atoms with Gasteiger partial charge in [-0.15, -0.1) is 11.8 Å². The van der Waals surface area contributed by atoms with Crippen LogP contribution in [0.5, 0.6) is 0 Å². The highest BCUT2D eigenvalue weighted by atomic mass is 35.5. The van der Waals surface area contributed by atoms with Gasteiger partial charge in [-0.3, -0.25) is 9.59 Å². The molecule has 1 atom stereocenters. The number of rotatable bonds is 10.